The third kappa shape index (κ3) is 5.76. The number of hydrogen-bond acceptors (Lipinski definition) is 4. The Morgan fingerprint density at radius 2 is 1.16 bits per heavy atom. The summed E-state index contributed by atoms with van der Waals surface area (Å²) in [6.45, 7) is 0. The second-order valence-corrected chi connectivity index (χ2v) is 18.0. The van der Waals surface area contributed by atoms with E-state index < -0.39 is 5.41 Å². The smallest absolute Gasteiger partial charge is 0.178 e. The quantitative estimate of drug-likeness (QED) is 0.167. The number of nitrogens with zero attached hydrogens (tertiary/aromatic N) is 1. The fraction of sp³-hybridized carbons (Fsp3) is 0.0500. The number of ether oxygens (including phenoxy) is 2. The predicted octanol–water partition coefficient (Wildman–Crippen LogP) is 14.3. The van der Waals surface area contributed by atoms with Crippen molar-refractivity contribution in [2.45, 2.75) is 17.8 Å². The van der Waals surface area contributed by atoms with Gasteiger partial charge in [-0.3, -0.25) is 4.98 Å². The van der Waals surface area contributed by atoms with Gasteiger partial charge in [0, 0.05) is 32.0 Å². The number of aromatic nitrogens is 1. The van der Waals surface area contributed by atoms with Gasteiger partial charge >= 0.3 is 0 Å². The molecule has 2 aliphatic carbocycles. The van der Waals surface area contributed by atoms with Gasteiger partial charge in [0.25, 0.3) is 0 Å². The minimum Gasteiger partial charge on any atom is -0.449 e. The molecule has 0 bridgehead atoms. The summed E-state index contributed by atoms with van der Waals surface area (Å²) in [7, 11) is 0. The average molecular weight is 838 g/mol. The maximum atomic E-state index is 7.03. The highest BCUT2D eigenvalue weighted by molar-refractivity contribution is 7.17. The molecule has 13 rings (SSSR count). The molecule has 0 amide bonds. The first kappa shape index (κ1) is 36.8. The zero-order valence-corrected chi connectivity index (χ0v) is 35.6. The van der Waals surface area contributed by atoms with E-state index in [1.165, 1.54) is 42.1 Å². The molecule has 0 saturated heterocycles. The molecule has 0 fully saturated rings. The first-order valence-corrected chi connectivity index (χ1v) is 22.8. The van der Waals surface area contributed by atoms with E-state index in [1.54, 1.807) is 0 Å². The maximum Gasteiger partial charge on any atom is 0.178 e. The summed E-state index contributed by atoms with van der Waals surface area (Å²) >= 11 is 1.87. The molecule has 2 aromatic heterocycles. The lowest BCUT2D eigenvalue weighted by Crippen LogP contribution is -2.28. The lowest BCUT2D eigenvalue weighted by atomic mass is 9.68. The number of fused-ring (bicyclic) bond motifs is 9. The van der Waals surface area contributed by atoms with Crippen LogP contribution < -0.4 is 19.2 Å². The Morgan fingerprint density at radius 1 is 0.500 bits per heavy atom. The van der Waals surface area contributed by atoms with Gasteiger partial charge in [-0.1, -0.05) is 182 Å². The van der Waals surface area contributed by atoms with E-state index in [-0.39, 0.29) is 5.92 Å². The van der Waals surface area contributed by atoms with Gasteiger partial charge in [0.1, 0.15) is 0 Å². The van der Waals surface area contributed by atoms with E-state index >= 15 is 0 Å². The monoisotopic (exact) mass is 837 g/mol. The Morgan fingerprint density at radius 3 is 1.94 bits per heavy atom. The van der Waals surface area contributed by atoms with E-state index in [9.17, 15) is 0 Å². The summed E-state index contributed by atoms with van der Waals surface area (Å²) in [5.74, 6) is 3.06. The van der Waals surface area contributed by atoms with Crippen molar-refractivity contribution >= 4 is 33.6 Å². The first-order chi connectivity index (χ1) is 31.7. The zero-order valence-electron chi connectivity index (χ0n) is 34.7. The van der Waals surface area contributed by atoms with Crippen molar-refractivity contribution in [2.24, 2.45) is 0 Å². The van der Waals surface area contributed by atoms with Gasteiger partial charge in [0.15, 0.2) is 23.0 Å². The normalized spacial score (nSPS) is 15.0. The molecule has 3 heterocycles. The van der Waals surface area contributed by atoms with Crippen LogP contribution >= 0.6 is 11.3 Å². The fourth-order valence-corrected chi connectivity index (χ4v) is 11.6. The molecular weight excluding hydrogens is 799 g/mol. The van der Waals surface area contributed by atoms with Crippen molar-refractivity contribution in [3.05, 3.63) is 244 Å². The predicted molar refractivity (Wildman–Crippen MR) is 262 cm³/mol. The minimum atomic E-state index is -0.524. The standard InChI is InChI=1S/C60H39NO2S/c1-4-14-40(15-5-1)51-34-43(35-52(61-51)42-28-30-47-46-20-11-13-23-56(46)64-57(47)37-42)39-26-24-38(25-27-39)41-29-32-53-55(36-41)63-59-54(62-53)33-31-50-58(59)48-21-10-12-22-49(48)60(50,44-16-6-2-7-17-44)45-18-8-3-9-19-45/h1-27,29-37,42H,28H2. The van der Waals surface area contributed by atoms with Gasteiger partial charge in [-0.2, -0.15) is 0 Å². The van der Waals surface area contributed by atoms with Gasteiger partial charge in [0.2, 0.25) is 0 Å². The Labute approximate surface area is 375 Å². The summed E-state index contributed by atoms with van der Waals surface area (Å²) in [4.78, 5) is 5.30. The molecule has 1 aliphatic heterocycles. The van der Waals surface area contributed by atoms with Gasteiger partial charge in [-0.05, 0) is 103 Å². The minimum absolute atomic E-state index is 0.188. The Bertz CT molecular complexity index is 3540. The van der Waals surface area contributed by atoms with E-state index in [0.717, 1.165) is 68.3 Å². The molecule has 0 radical (unpaired) electrons. The molecule has 302 valence electrons. The zero-order chi connectivity index (χ0) is 42.2. The van der Waals surface area contributed by atoms with Crippen LogP contribution in [0, 0.1) is 0 Å². The molecule has 1 atom stereocenters. The summed E-state index contributed by atoms with van der Waals surface area (Å²) < 4.78 is 16.4. The van der Waals surface area contributed by atoms with Gasteiger partial charge in [0.05, 0.1) is 11.1 Å². The van der Waals surface area contributed by atoms with Crippen molar-refractivity contribution in [1.82, 2.24) is 4.98 Å². The Hall–Kier alpha value is -7.79. The van der Waals surface area contributed by atoms with Crippen molar-refractivity contribution < 1.29 is 9.47 Å². The molecule has 0 N–H and O–H groups in total. The highest BCUT2D eigenvalue weighted by Gasteiger charge is 2.48. The highest BCUT2D eigenvalue weighted by atomic mass is 32.1. The van der Waals surface area contributed by atoms with E-state index in [2.05, 4.69) is 212 Å². The van der Waals surface area contributed by atoms with Gasteiger partial charge < -0.3 is 9.47 Å². The van der Waals surface area contributed by atoms with Crippen molar-refractivity contribution in [1.29, 1.82) is 0 Å². The third-order valence-electron chi connectivity index (χ3n) is 13.4. The molecule has 3 nitrogen and oxygen atoms in total. The van der Waals surface area contributed by atoms with E-state index in [4.69, 9.17) is 14.5 Å². The number of hydrogen-bond donors (Lipinski definition) is 0. The van der Waals surface area contributed by atoms with Crippen LogP contribution in [-0.4, -0.2) is 4.98 Å². The molecule has 1 unspecified atom stereocenters. The molecule has 3 aliphatic rings. The van der Waals surface area contributed by atoms with Gasteiger partial charge in [-0.15, -0.1) is 11.3 Å². The summed E-state index contributed by atoms with van der Waals surface area (Å²) in [6, 6.07) is 73.7. The van der Waals surface area contributed by atoms with Crippen LogP contribution in [-0.2, 0) is 5.41 Å². The number of pyridine rings is 1. The molecule has 0 saturated carbocycles. The van der Waals surface area contributed by atoms with Crippen LogP contribution in [0.1, 0.15) is 40.3 Å². The van der Waals surface area contributed by atoms with Crippen LogP contribution in [0.5, 0.6) is 23.0 Å². The van der Waals surface area contributed by atoms with Crippen molar-refractivity contribution in [2.75, 3.05) is 0 Å². The SMILES string of the molecule is C1=c2sc3ccccc3c2=CCC1c1cc(-c2ccc(-c3ccc4c(c3)Oc3c(ccc5c3-c3ccccc3C5(c3ccccc3)c3ccccc3)O4)cc2)cc(-c2ccccc2)n1. The first-order valence-electron chi connectivity index (χ1n) is 21.9. The highest BCUT2D eigenvalue weighted by Crippen LogP contribution is 2.62. The topological polar surface area (TPSA) is 31.4 Å². The van der Waals surface area contributed by atoms with E-state index in [1.807, 2.05) is 17.4 Å². The van der Waals surface area contributed by atoms with E-state index in [0.29, 0.717) is 11.5 Å². The summed E-state index contributed by atoms with van der Waals surface area (Å²) in [5.41, 5.74) is 14.2. The molecular formula is C60H39NO2S. The largest absolute Gasteiger partial charge is 0.449 e. The number of thiophene rings is 1. The lowest BCUT2D eigenvalue weighted by Gasteiger charge is -2.34. The molecule has 64 heavy (non-hydrogen) atoms. The maximum absolute atomic E-state index is 7.03. The molecule has 10 aromatic rings. The molecule has 4 heteroatoms. The second kappa shape index (κ2) is 14.7. The fourth-order valence-electron chi connectivity index (χ4n) is 10.4. The number of rotatable bonds is 6. The summed E-state index contributed by atoms with van der Waals surface area (Å²) in [6.07, 6.45) is 5.76. The second-order valence-electron chi connectivity index (χ2n) is 16.9. The number of benzene rings is 8. The summed E-state index contributed by atoms with van der Waals surface area (Å²) in [5, 5.41) is 2.70. The van der Waals surface area contributed by atoms with Gasteiger partial charge in [-0.25, -0.2) is 0 Å². The third-order valence-corrected chi connectivity index (χ3v) is 14.5. The van der Waals surface area contributed by atoms with Crippen LogP contribution in [0.3, 0.4) is 0 Å². The average Bonchev–Trinajstić information content (AvgIpc) is 3.90. The van der Waals surface area contributed by atoms with Crippen molar-refractivity contribution in [3.8, 4) is 67.6 Å². The van der Waals surface area contributed by atoms with Crippen LogP contribution in [0.15, 0.2) is 206 Å². The van der Waals surface area contributed by atoms with Crippen LogP contribution in [0.4, 0.5) is 0 Å². The molecule has 0 spiro atoms. The Balaban J connectivity index is 0.863. The lowest BCUT2D eigenvalue weighted by molar-refractivity contribution is 0.360. The molecule has 8 aromatic carbocycles. The van der Waals surface area contributed by atoms with Crippen molar-refractivity contribution in [3.63, 3.8) is 0 Å². The van der Waals surface area contributed by atoms with Crippen LogP contribution in [0.25, 0.3) is 66.9 Å². The van der Waals surface area contributed by atoms with Crippen LogP contribution in [0.2, 0.25) is 0 Å². The Kier molecular flexibility index (Phi) is 8.43.